The summed E-state index contributed by atoms with van der Waals surface area (Å²) in [5.41, 5.74) is 1.89. The lowest BCUT2D eigenvalue weighted by Crippen LogP contribution is -2.20. The number of rotatable bonds is 5. The zero-order valence-corrected chi connectivity index (χ0v) is 13.6. The molecule has 0 bridgehead atoms. The molecule has 0 aliphatic heterocycles. The minimum Gasteiger partial charge on any atom is -0.321 e. The lowest BCUT2D eigenvalue weighted by molar-refractivity contribution is 0.102. The van der Waals surface area contributed by atoms with Crippen LogP contribution in [0.4, 0.5) is 5.69 Å². The van der Waals surface area contributed by atoms with Crippen LogP contribution in [0.5, 0.6) is 0 Å². The maximum absolute atomic E-state index is 12.5. The van der Waals surface area contributed by atoms with Gasteiger partial charge in [-0.2, -0.15) is 15.4 Å². The summed E-state index contributed by atoms with van der Waals surface area (Å²) in [5.74, 6) is 0.225. The predicted molar refractivity (Wildman–Crippen MR) is 89.5 cm³/mol. The van der Waals surface area contributed by atoms with Crippen LogP contribution in [-0.2, 0) is 16.6 Å². The monoisotopic (exact) mass is 332 g/mol. The van der Waals surface area contributed by atoms with Crippen LogP contribution in [0.3, 0.4) is 0 Å². The van der Waals surface area contributed by atoms with Crippen molar-refractivity contribution in [2.45, 2.75) is 43.1 Å². The summed E-state index contributed by atoms with van der Waals surface area (Å²) in [4.78, 5) is 12.0. The highest BCUT2D eigenvalue weighted by Gasteiger charge is 2.20. The number of hydrogen-bond acceptors (Lipinski definition) is 4. The molecule has 6 nitrogen and oxygen atoms in total. The summed E-state index contributed by atoms with van der Waals surface area (Å²) in [7, 11) is -0.848. The molecule has 1 aliphatic carbocycles. The van der Waals surface area contributed by atoms with Crippen molar-refractivity contribution in [3.8, 4) is 0 Å². The van der Waals surface area contributed by atoms with Gasteiger partial charge in [0.05, 0.1) is 6.20 Å². The van der Waals surface area contributed by atoms with E-state index in [0.29, 0.717) is 16.7 Å². The highest BCUT2D eigenvalue weighted by molar-refractivity contribution is 7.84. The third-order valence-corrected chi connectivity index (χ3v) is 5.90. The molecule has 0 radical (unpaired) electrons. The minimum atomic E-state index is -0.848. The Morgan fingerprint density at radius 3 is 2.87 bits per heavy atom. The van der Waals surface area contributed by atoms with Gasteiger partial charge in [0.1, 0.15) is 0 Å². The maximum Gasteiger partial charge on any atom is 0.277 e. The zero-order valence-electron chi connectivity index (χ0n) is 12.8. The molecule has 1 fully saturated rings. The molecule has 1 heterocycles. The highest BCUT2D eigenvalue weighted by Crippen LogP contribution is 2.24. The van der Waals surface area contributed by atoms with E-state index in [9.17, 15) is 9.00 Å². The predicted octanol–water partition coefficient (Wildman–Crippen LogP) is 2.64. The van der Waals surface area contributed by atoms with Crippen molar-refractivity contribution in [3.05, 3.63) is 41.7 Å². The zero-order chi connectivity index (χ0) is 16.1. The van der Waals surface area contributed by atoms with E-state index in [0.717, 1.165) is 18.4 Å². The molecule has 122 valence electrons. The summed E-state index contributed by atoms with van der Waals surface area (Å²) in [5, 5.41) is 12.9. The number of benzene rings is 1. The van der Waals surface area contributed by atoms with Gasteiger partial charge < -0.3 is 5.32 Å². The smallest absolute Gasteiger partial charge is 0.277 e. The molecule has 3 rings (SSSR count). The average molecular weight is 332 g/mol. The first-order valence-corrected chi connectivity index (χ1v) is 9.24. The van der Waals surface area contributed by atoms with E-state index in [-0.39, 0.29) is 11.6 Å². The van der Waals surface area contributed by atoms with Crippen molar-refractivity contribution in [2.75, 3.05) is 5.32 Å². The van der Waals surface area contributed by atoms with Gasteiger partial charge in [-0.15, -0.1) is 0 Å². The summed E-state index contributed by atoms with van der Waals surface area (Å²) in [6, 6.07) is 7.50. The Morgan fingerprint density at radius 1 is 1.30 bits per heavy atom. The van der Waals surface area contributed by atoms with Crippen molar-refractivity contribution >= 4 is 22.4 Å². The standard InChI is InChI=1S/C16H20N4O2S/c21-16(15-10-17-20-19-15)18-13-6-4-5-12(9-13)11-23(22)14-7-2-1-3-8-14/h4-6,9-10,14H,1-3,7-8,11H2,(H,18,21)(H,17,19,20)/t23-/m1/s1. The molecule has 7 heteroatoms. The van der Waals surface area contributed by atoms with Crippen LogP contribution in [0.15, 0.2) is 30.5 Å². The van der Waals surface area contributed by atoms with Crippen molar-refractivity contribution in [2.24, 2.45) is 0 Å². The van der Waals surface area contributed by atoms with E-state index in [2.05, 4.69) is 20.7 Å². The minimum absolute atomic E-state index is 0.237. The molecule has 2 aromatic rings. The number of H-pyrrole nitrogens is 1. The Balaban J connectivity index is 1.62. The van der Waals surface area contributed by atoms with E-state index in [4.69, 9.17) is 0 Å². The molecule has 1 aliphatic rings. The van der Waals surface area contributed by atoms with Crippen LogP contribution in [0, 0.1) is 0 Å². The Labute approximate surface area is 137 Å². The second kappa shape index (κ2) is 7.50. The fourth-order valence-electron chi connectivity index (χ4n) is 2.86. The van der Waals surface area contributed by atoms with Crippen LogP contribution in [-0.4, -0.2) is 30.8 Å². The summed E-state index contributed by atoms with van der Waals surface area (Å²) >= 11 is 0. The number of aromatic amines is 1. The largest absolute Gasteiger partial charge is 0.321 e. The first-order valence-electron chi connectivity index (χ1n) is 7.85. The van der Waals surface area contributed by atoms with E-state index in [1.54, 1.807) is 0 Å². The van der Waals surface area contributed by atoms with Crippen LogP contribution < -0.4 is 5.32 Å². The van der Waals surface area contributed by atoms with Gasteiger partial charge >= 0.3 is 0 Å². The fraction of sp³-hybridized carbons (Fsp3) is 0.438. The topological polar surface area (TPSA) is 87.7 Å². The molecule has 1 amide bonds. The maximum atomic E-state index is 12.5. The first kappa shape index (κ1) is 15.9. The third-order valence-electron chi connectivity index (χ3n) is 4.07. The quantitative estimate of drug-likeness (QED) is 0.881. The fourth-order valence-corrected chi connectivity index (χ4v) is 4.46. The Hall–Kier alpha value is -2.02. The molecule has 1 aromatic carbocycles. The summed E-state index contributed by atoms with van der Waals surface area (Å²) in [6.07, 6.45) is 7.13. The molecule has 0 unspecified atom stereocenters. The second-order valence-electron chi connectivity index (χ2n) is 5.79. The number of hydrogen-bond donors (Lipinski definition) is 2. The SMILES string of the molecule is O=C(Nc1cccc(C[S@@](=O)C2CCCCC2)c1)c1cn[nH]n1. The molecule has 2 N–H and O–H groups in total. The number of carbonyl (C=O) groups is 1. The van der Waals surface area contributed by atoms with Gasteiger partial charge in [-0.25, -0.2) is 0 Å². The van der Waals surface area contributed by atoms with Crippen molar-refractivity contribution in [1.82, 2.24) is 15.4 Å². The lowest BCUT2D eigenvalue weighted by atomic mass is 10.0. The third kappa shape index (κ3) is 4.25. The molecule has 1 atom stereocenters. The molecular formula is C16H20N4O2S. The number of amides is 1. The Morgan fingerprint density at radius 2 is 2.13 bits per heavy atom. The van der Waals surface area contributed by atoms with Crippen LogP contribution in [0.25, 0.3) is 0 Å². The molecular weight excluding hydrogens is 312 g/mol. The van der Waals surface area contributed by atoms with Gasteiger partial charge in [0.15, 0.2) is 5.69 Å². The molecule has 0 saturated heterocycles. The van der Waals surface area contributed by atoms with E-state index < -0.39 is 10.8 Å². The highest BCUT2D eigenvalue weighted by atomic mass is 32.2. The van der Waals surface area contributed by atoms with E-state index in [1.165, 1.54) is 25.5 Å². The van der Waals surface area contributed by atoms with Gasteiger partial charge in [-0.05, 0) is 30.5 Å². The van der Waals surface area contributed by atoms with Gasteiger partial charge in [0, 0.05) is 27.5 Å². The lowest BCUT2D eigenvalue weighted by Gasteiger charge is -2.21. The van der Waals surface area contributed by atoms with E-state index >= 15 is 0 Å². The Kier molecular flexibility index (Phi) is 5.17. The van der Waals surface area contributed by atoms with Crippen molar-refractivity contribution < 1.29 is 9.00 Å². The van der Waals surface area contributed by atoms with Gasteiger partial charge in [-0.1, -0.05) is 31.4 Å². The second-order valence-corrected chi connectivity index (χ2v) is 7.51. The van der Waals surface area contributed by atoms with Crippen molar-refractivity contribution in [1.29, 1.82) is 0 Å². The number of nitrogens with one attached hydrogen (secondary N) is 2. The number of nitrogens with zero attached hydrogens (tertiary/aromatic N) is 2. The van der Waals surface area contributed by atoms with Crippen LogP contribution in [0.1, 0.15) is 48.2 Å². The van der Waals surface area contributed by atoms with Crippen LogP contribution >= 0.6 is 0 Å². The average Bonchev–Trinajstić information content (AvgIpc) is 3.10. The summed E-state index contributed by atoms with van der Waals surface area (Å²) < 4.78 is 12.5. The normalized spacial score (nSPS) is 16.9. The molecule has 0 spiro atoms. The molecule has 1 saturated carbocycles. The Bertz CT molecular complexity index is 681. The number of aromatic nitrogens is 3. The van der Waals surface area contributed by atoms with Gasteiger partial charge in [-0.3, -0.25) is 9.00 Å². The molecule has 1 aromatic heterocycles. The summed E-state index contributed by atoms with van der Waals surface area (Å²) in [6.45, 7) is 0. The first-order chi connectivity index (χ1) is 11.2. The van der Waals surface area contributed by atoms with Crippen molar-refractivity contribution in [3.63, 3.8) is 0 Å². The van der Waals surface area contributed by atoms with Gasteiger partial charge in [0.2, 0.25) is 0 Å². The number of carbonyl (C=O) groups excluding carboxylic acids is 1. The van der Waals surface area contributed by atoms with E-state index in [1.807, 2.05) is 24.3 Å². The number of anilines is 1. The molecule has 23 heavy (non-hydrogen) atoms. The van der Waals surface area contributed by atoms with Gasteiger partial charge in [0.25, 0.3) is 5.91 Å². The van der Waals surface area contributed by atoms with Crippen LogP contribution in [0.2, 0.25) is 0 Å².